The molecule has 1 spiro atoms. The van der Waals surface area contributed by atoms with Crippen LogP contribution in [0.4, 0.5) is 0 Å². The number of hydrogen-bond acceptors (Lipinski definition) is 6. The molecule has 10 atom stereocenters. The molecule has 1 N–H and O–H groups in total. The Bertz CT molecular complexity index is 1090. The molecule has 6 nitrogen and oxygen atoms in total. The van der Waals surface area contributed by atoms with Crippen LogP contribution in [0.2, 0.25) is 0 Å². The third kappa shape index (κ3) is 2.26. The molecule has 0 aromatic carbocycles. The maximum Gasteiger partial charge on any atom is 0.302 e. The van der Waals surface area contributed by atoms with Crippen LogP contribution < -0.4 is 0 Å². The van der Waals surface area contributed by atoms with Gasteiger partial charge in [0.1, 0.15) is 17.8 Å². The maximum absolute atomic E-state index is 12.9. The number of aliphatic hydroxyl groups is 1. The fraction of sp³-hybridized carbons (Fsp3) is 0.714. The molecule has 5 aliphatic rings. The van der Waals surface area contributed by atoms with Crippen LogP contribution in [0.3, 0.4) is 0 Å². The molecule has 4 fully saturated rings. The molecule has 1 aliphatic heterocycles. The predicted octanol–water partition coefficient (Wildman–Crippen LogP) is 4.42. The first-order chi connectivity index (χ1) is 15.9. The Morgan fingerprint density at radius 2 is 1.91 bits per heavy atom. The number of hydrogen-bond donors (Lipinski definition) is 1. The van der Waals surface area contributed by atoms with Crippen molar-refractivity contribution in [1.82, 2.24) is 0 Å². The molecule has 6 rings (SSSR count). The molecule has 1 aromatic rings. The number of rotatable bonds is 2. The number of epoxide rings is 1. The van der Waals surface area contributed by atoms with Gasteiger partial charge >= 0.3 is 5.97 Å². The average molecular weight is 469 g/mol. The van der Waals surface area contributed by atoms with E-state index in [1.54, 1.807) is 18.6 Å². The van der Waals surface area contributed by atoms with Crippen molar-refractivity contribution in [1.29, 1.82) is 0 Å². The van der Waals surface area contributed by atoms with Crippen LogP contribution >= 0.6 is 0 Å². The van der Waals surface area contributed by atoms with Gasteiger partial charge in [0.2, 0.25) is 0 Å². The van der Waals surface area contributed by atoms with Gasteiger partial charge in [0, 0.05) is 29.1 Å². The van der Waals surface area contributed by atoms with E-state index in [4.69, 9.17) is 13.9 Å². The Balaban J connectivity index is 1.54. The van der Waals surface area contributed by atoms with Crippen LogP contribution in [0.15, 0.2) is 35.2 Å². The van der Waals surface area contributed by atoms with E-state index in [-0.39, 0.29) is 46.4 Å². The fourth-order valence-corrected chi connectivity index (χ4v) is 9.82. The van der Waals surface area contributed by atoms with Crippen LogP contribution in [0, 0.1) is 33.5 Å². The van der Waals surface area contributed by atoms with Crippen molar-refractivity contribution in [3.05, 3.63) is 36.3 Å². The lowest BCUT2D eigenvalue weighted by Crippen LogP contribution is -2.70. The second-order valence-electron chi connectivity index (χ2n) is 12.8. The molecule has 1 saturated heterocycles. The number of ketones is 1. The Kier molecular flexibility index (Phi) is 4.27. The minimum Gasteiger partial charge on any atom is -0.472 e. The van der Waals surface area contributed by atoms with E-state index in [1.807, 2.05) is 19.9 Å². The number of ether oxygens (including phenoxy) is 2. The lowest BCUT2D eigenvalue weighted by Gasteiger charge is -2.67. The second kappa shape index (κ2) is 6.44. The quantitative estimate of drug-likeness (QED) is 0.511. The van der Waals surface area contributed by atoms with Crippen molar-refractivity contribution in [3.8, 4) is 0 Å². The first-order valence-corrected chi connectivity index (χ1v) is 12.6. The van der Waals surface area contributed by atoms with Gasteiger partial charge in [-0.05, 0) is 54.2 Å². The second-order valence-corrected chi connectivity index (χ2v) is 12.8. The zero-order chi connectivity index (χ0) is 24.5. The summed E-state index contributed by atoms with van der Waals surface area (Å²) in [5.41, 5.74) is -1.24. The molecule has 4 aliphatic carbocycles. The molecule has 1 aromatic heterocycles. The van der Waals surface area contributed by atoms with E-state index in [2.05, 4.69) is 26.8 Å². The van der Waals surface area contributed by atoms with Crippen LogP contribution in [0.25, 0.3) is 0 Å². The number of carbonyl (C=O) groups is 2. The number of aliphatic hydroxyl groups excluding tert-OH is 1. The van der Waals surface area contributed by atoms with Gasteiger partial charge in [0.15, 0.2) is 5.78 Å². The summed E-state index contributed by atoms with van der Waals surface area (Å²) in [6, 6.07) is 1.95. The maximum atomic E-state index is 12.9. The van der Waals surface area contributed by atoms with Crippen LogP contribution in [-0.2, 0) is 19.1 Å². The summed E-state index contributed by atoms with van der Waals surface area (Å²) in [5, 5.41) is 11.5. The van der Waals surface area contributed by atoms with Gasteiger partial charge in [-0.25, -0.2) is 0 Å². The van der Waals surface area contributed by atoms with Gasteiger partial charge in [0.05, 0.1) is 18.6 Å². The lowest BCUT2D eigenvalue weighted by atomic mass is 9.36. The normalized spacial score (nSPS) is 52.3. The van der Waals surface area contributed by atoms with Crippen molar-refractivity contribution < 1.29 is 28.6 Å². The van der Waals surface area contributed by atoms with Crippen molar-refractivity contribution >= 4 is 11.8 Å². The minimum absolute atomic E-state index is 0.0499. The Hall–Kier alpha value is -1.92. The van der Waals surface area contributed by atoms with Crippen molar-refractivity contribution in [2.75, 3.05) is 0 Å². The van der Waals surface area contributed by atoms with Crippen LogP contribution in [-0.4, -0.2) is 40.8 Å². The summed E-state index contributed by atoms with van der Waals surface area (Å²) < 4.78 is 18.2. The first kappa shape index (κ1) is 22.5. The summed E-state index contributed by atoms with van der Waals surface area (Å²) in [6.07, 6.45) is 8.35. The number of fused-ring (bicyclic) bond motifs is 3. The van der Waals surface area contributed by atoms with Crippen LogP contribution in [0.1, 0.15) is 72.3 Å². The molecule has 3 saturated carbocycles. The van der Waals surface area contributed by atoms with Gasteiger partial charge < -0.3 is 19.0 Å². The molecular formula is C28H36O6. The third-order valence-electron chi connectivity index (χ3n) is 11.3. The molecule has 34 heavy (non-hydrogen) atoms. The van der Waals surface area contributed by atoms with Crippen LogP contribution in [0.5, 0.6) is 0 Å². The number of allylic oxidation sites excluding steroid dienone is 2. The SMILES string of the molecule is CC(=O)O[C@@H]1C[C@H]2C(C)(C)C(=O)C=C[C@]2(C)[C@H]2CC[C@@]3(C)[C@H](c4ccoc4)C(O)[C@H]4O[C@]43[C@@]21C. The summed E-state index contributed by atoms with van der Waals surface area (Å²) >= 11 is 0. The summed E-state index contributed by atoms with van der Waals surface area (Å²) in [7, 11) is 0. The molecule has 0 bridgehead atoms. The smallest absolute Gasteiger partial charge is 0.302 e. The van der Waals surface area contributed by atoms with Crippen molar-refractivity contribution in [2.45, 2.75) is 90.6 Å². The van der Waals surface area contributed by atoms with E-state index in [1.165, 1.54) is 6.92 Å². The number of esters is 1. The molecule has 0 radical (unpaired) electrons. The van der Waals surface area contributed by atoms with E-state index in [0.717, 1.165) is 18.4 Å². The Morgan fingerprint density at radius 3 is 2.56 bits per heavy atom. The molecular weight excluding hydrogens is 432 g/mol. The van der Waals surface area contributed by atoms with Gasteiger partial charge in [-0.15, -0.1) is 0 Å². The van der Waals surface area contributed by atoms with Crippen molar-refractivity contribution in [3.63, 3.8) is 0 Å². The number of furan rings is 1. The van der Waals surface area contributed by atoms with E-state index in [0.29, 0.717) is 6.42 Å². The highest BCUT2D eigenvalue weighted by Crippen LogP contribution is 2.82. The molecule has 0 amide bonds. The van der Waals surface area contributed by atoms with Crippen molar-refractivity contribution in [2.24, 2.45) is 33.5 Å². The van der Waals surface area contributed by atoms with Gasteiger partial charge in [-0.1, -0.05) is 40.7 Å². The van der Waals surface area contributed by atoms with E-state index in [9.17, 15) is 14.7 Å². The molecule has 1 unspecified atom stereocenters. The third-order valence-corrected chi connectivity index (χ3v) is 11.3. The minimum atomic E-state index is -0.651. The van der Waals surface area contributed by atoms with E-state index < -0.39 is 28.6 Å². The zero-order valence-corrected chi connectivity index (χ0v) is 21.0. The highest BCUT2D eigenvalue weighted by Gasteiger charge is 2.89. The van der Waals surface area contributed by atoms with E-state index >= 15 is 0 Å². The van der Waals surface area contributed by atoms with Gasteiger partial charge in [-0.3, -0.25) is 9.59 Å². The van der Waals surface area contributed by atoms with Gasteiger partial charge in [-0.2, -0.15) is 0 Å². The number of carbonyl (C=O) groups excluding carboxylic acids is 2. The van der Waals surface area contributed by atoms with Gasteiger partial charge in [0.25, 0.3) is 0 Å². The standard InChI is InChI=1S/C28H36O6/c1-15(29)33-20-13-18-24(2,3)19(30)8-10-25(18,4)17-7-11-26(5)21(16-9-12-32-14-16)22(31)23-28(26,34-23)27(17,20)6/h8-10,12,14,17-18,20-23,31H,7,11,13H2,1-6H3/t17-,18+,20-,21-,22?,23-,25-,26+,27+,28-/m1/s1. The molecule has 6 heteroatoms. The Labute approximate surface area is 201 Å². The first-order valence-electron chi connectivity index (χ1n) is 12.6. The average Bonchev–Trinajstić information content (AvgIpc) is 3.24. The molecule has 184 valence electrons. The Morgan fingerprint density at radius 1 is 1.18 bits per heavy atom. The summed E-state index contributed by atoms with van der Waals surface area (Å²) in [4.78, 5) is 25.3. The predicted molar refractivity (Wildman–Crippen MR) is 124 cm³/mol. The highest BCUT2D eigenvalue weighted by molar-refractivity contribution is 5.95. The topological polar surface area (TPSA) is 89.3 Å². The fourth-order valence-electron chi connectivity index (χ4n) is 9.82. The monoisotopic (exact) mass is 468 g/mol. The summed E-state index contributed by atoms with van der Waals surface area (Å²) in [6.45, 7) is 12.3. The highest BCUT2D eigenvalue weighted by atomic mass is 16.6. The summed E-state index contributed by atoms with van der Waals surface area (Å²) in [5.74, 6) is -0.0918. The lowest BCUT2D eigenvalue weighted by molar-refractivity contribution is -0.233. The largest absolute Gasteiger partial charge is 0.472 e. The zero-order valence-electron chi connectivity index (χ0n) is 21.0. The molecule has 2 heterocycles.